The summed E-state index contributed by atoms with van der Waals surface area (Å²) in [5.41, 5.74) is 1.29. The molecule has 0 bridgehead atoms. The molecule has 2 rings (SSSR count). The molecule has 0 saturated heterocycles. The first-order valence-electron chi connectivity index (χ1n) is 6.55. The number of anilines is 1. The van der Waals surface area contributed by atoms with Gasteiger partial charge in [0.15, 0.2) is 0 Å². The highest BCUT2D eigenvalue weighted by molar-refractivity contribution is 6.35. The molecular weight excluding hydrogens is 365 g/mol. The Morgan fingerprint density at radius 2 is 1.80 bits per heavy atom. The van der Waals surface area contributed by atoms with Gasteiger partial charge in [-0.05, 0) is 17.7 Å². The van der Waals surface area contributed by atoms with Crippen LogP contribution in [0.15, 0.2) is 30.3 Å². The zero-order valence-corrected chi connectivity index (χ0v) is 12.9. The molecule has 0 aliphatic heterocycles. The number of benzene rings is 2. The van der Waals surface area contributed by atoms with Crippen molar-refractivity contribution < 1.29 is 33.0 Å². The summed E-state index contributed by atoms with van der Waals surface area (Å²) in [6.07, 6.45) is -4.82. The molecule has 2 aromatic rings. The highest BCUT2D eigenvalue weighted by Gasteiger charge is 2.36. The standard InChI is InChI=1S/C15H10ClF3N2O4/c16-8-5-9(21-14(20)25)12(22)10(11(8)13(23)24)6-3-1-2-4-7(6)15(17,18)19/h1-5,22H,(H,23,24)(H3,20,21,25). The van der Waals surface area contributed by atoms with Gasteiger partial charge in [0.1, 0.15) is 5.75 Å². The lowest BCUT2D eigenvalue weighted by Crippen LogP contribution is -2.20. The fourth-order valence-corrected chi connectivity index (χ4v) is 2.57. The number of phenolic OH excluding ortho intramolecular Hbond substituents is 1. The number of primary amides is 1. The van der Waals surface area contributed by atoms with E-state index in [1.807, 2.05) is 5.32 Å². The molecular formula is C15H10ClF3N2O4. The summed E-state index contributed by atoms with van der Waals surface area (Å²) in [5, 5.41) is 21.1. The summed E-state index contributed by atoms with van der Waals surface area (Å²) >= 11 is 5.84. The number of alkyl halides is 3. The monoisotopic (exact) mass is 374 g/mol. The Morgan fingerprint density at radius 3 is 2.32 bits per heavy atom. The van der Waals surface area contributed by atoms with Crippen LogP contribution in [0.3, 0.4) is 0 Å². The predicted octanol–water partition coefficient (Wildman–Crippen LogP) is 3.92. The highest BCUT2D eigenvalue weighted by Crippen LogP contribution is 2.46. The van der Waals surface area contributed by atoms with Crippen LogP contribution in [0.1, 0.15) is 15.9 Å². The van der Waals surface area contributed by atoms with Crippen LogP contribution in [0.5, 0.6) is 5.75 Å². The number of nitrogens with two attached hydrogens (primary N) is 1. The number of urea groups is 1. The number of amides is 2. The number of aromatic hydroxyl groups is 1. The van der Waals surface area contributed by atoms with E-state index in [2.05, 4.69) is 0 Å². The maximum Gasteiger partial charge on any atom is 0.417 e. The summed E-state index contributed by atoms with van der Waals surface area (Å²) < 4.78 is 39.8. The van der Waals surface area contributed by atoms with Crippen LogP contribution in [0.2, 0.25) is 5.02 Å². The number of nitrogens with one attached hydrogen (secondary N) is 1. The number of carboxylic acid groups (broad SMARTS) is 1. The summed E-state index contributed by atoms with van der Waals surface area (Å²) in [7, 11) is 0. The van der Waals surface area contributed by atoms with Crippen molar-refractivity contribution in [2.75, 3.05) is 5.32 Å². The number of carbonyl (C=O) groups excluding carboxylic acids is 1. The lowest BCUT2D eigenvalue weighted by atomic mass is 9.93. The number of carboxylic acids is 1. The van der Waals surface area contributed by atoms with Crippen molar-refractivity contribution in [2.24, 2.45) is 5.73 Å². The molecule has 0 unspecified atom stereocenters. The third-order valence-electron chi connectivity index (χ3n) is 3.23. The number of phenols is 1. The molecule has 0 aliphatic rings. The number of carbonyl (C=O) groups is 2. The van der Waals surface area contributed by atoms with Gasteiger partial charge in [-0.1, -0.05) is 29.8 Å². The Kier molecular flexibility index (Phi) is 4.80. The molecule has 2 aromatic carbocycles. The molecule has 25 heavy (non-hydrogen) atoms. The van der Waals surface area contributed by atoms with Crippen molar-refractivity contribution >= 4 is 29.3 Å². The van der Waals surface area contributed by atoms with Crippen molar-refractivity contribution in [3.63, 3.8) is 0 Å². The lowest BCUT2D eigenvalue weighted by Gasteiger charge is -2.18. The molecule has 0 aromatic heterocycles. The topological polar surface area (TPSA) is 113 Å². The minimum absolute atomic E-state index is 0.422. The van der Waals surface area contributed by atoms with Gasteiger partial charge < -0.3 is 21.3 Å². The minimum atomic E-state index is -4.82. The molecule has 0 atom stereocenters. The molecule has 0 radical (unpaired) electrons. The van der Waals surface area contributed by atoms with Gasteiger partial charge in [0.2, 0.25) is 0 Å². The van der Waals surface area contributed by atoms with Crippen LogP contribution in [-0.2, 0) is 6.18 Å². The Labute approximate surface area is 143 Å². The Morgan fingerprint density at radius 1 is 1.20 bits per heavy atom. The van der Waals surface area contributed by atoms with Gasteiger partial charge in [0.05, 0.1) is 21.8 Å². The Hall–Kier alpha value is -2.94. The fraction of sp³-hybridized carbons (Fsp3) is 0.0667. The average Bonchev–Trinajstić information content (AvgIpc) is 2.48. The van der Waals surface area contributed by atoms with E-state index in [0.717, 1.165) is 24.3 Å². The van der Waals surface area contributed by atoms with E-state index in [4.69, 9.17) is 17.3 Å². The van der Waals surface area contributed by atoms with Crippen LogP contribution in [0, 0.1) is 0 Å². The molecule has 0 saturated carbocycles. The van der Waals surface area contributed by atoms with E-state index in [1.165, 1.54) is 6.07 Å². The first kappa shape index (κ1) is 18.4. The number of aromatic carboxylic acids is 1. The van der Waals surface area contributed by atoms with Crippen molar-refractivity contribution in [3.8, 4) is 16.9 Å². The first-order chi connectivity index (χ1) is 11.5. The molecule has 2 amide bonds. The predicted molar refractivity (Wildman–Crippen MR) is 83.7 cm³/mol. The third kappa shape index (κ3) is 3.61. The van der Waals surface area contributed by atoms with E-state index >= 15 is 0 Å². The molecule has 0 fully saturated rings. The van der Waals surface area contributed by atoms with Gasteiger partial charge in [0.25, 0.3) is 0 Å². The van der Waals surface area contributed by atoms with Crippen LogP contribution in [0.4, 0.5) is 23.7 Å². The highest BCUT2D eigenvalue weighted by atomic mass is 35.5. The zero-order valence-electron chi connectivity index (χ0n) is 12.2. The van der Waals surface area contributed by atoms with Gasteiger partial charge in [-0.3, -0.25) is 0 Å². The van der Waals surface area contributed by atoms with E-state index in [-0.39, 0.29) is 0 Å². The normalized spacial score (nSPS) is 11.2. The molecule has 5 N–H and O–H groups in total. The second-order valence-electron chi connectivity index (χ2n) is 4.84. The van der Waals surface area contributed by atoms with Crippen molar-refractivity contribution in [1.29, 1.82) is 0 Å². The molecule has 10 heteroatoms. The second-order valence-corrected chi connectivity index (χ2v) is 5.25. The van der Waals surface area contributed by atoms with Crippen LogP contribution >= 0.6 is 11.6 Å². The maximum atomic E-state index is 13.3. The zero-order chi connectivity index (χ0) is 18.9. The summed E-state index contributed by atoms with van der Waals surface area (Å²) in [4.78, 5) is 22.5. The van der Waals surface area contributed by atoms with Crippen molar-refractivity contribution in [2.45, 2.75) is 6.18 Å². The number of hydrogen-bond donors (Lipinski definition) is 4. The number of rotatable bonds is 3. The lowest BCUT2D eigenvalue weighted by molar-refractivity contribution is -0.137. The summed E-state index contributed by atoms with van der Waals surface area (Å²) in [6.45, 7) is 0. The van der Waals surface area contributed by atoms with E-state index in [9.17, 15) is 33.0 Å². The van der Waals surface area contributed by atoms with Gasteiger partial charge in [-0.15, -0.1) is 0 Å². The maximum absolute atomic E-state index is 13.3. The SMILES string of the molecule is NC(=O)Nc1cc(Cl)c(C(=O)O)c(-c2ccccc2C(F)(F)F)c1O. The molecule has 0 heterocycles. The number of halogens is 4. The average molecular weight is 375 g/mol. The van der Waals surface area contributed by atoms with Crippen LogP contribution in [-0.4, -0.2) is 22.2 Å². The molecule has 0 aliphatic carbocycles. The molecule has 0 spiro atoms. The molecule has 132 valence electrons. The second kappa shape index (κ2) is 6.52. The van der Waals surface area contributed by atoms with E-state index < -0.39 is 56.9 Å². The number of hydrogen-bond acceptors (Lipinski definition) is 3. The van der Waals surface area contributed by atoms with Gasteiger partial charge in [-0.25, -0.2) is 9.59 Å². The van der Waals surface area contributed by atoms with Gasteiger partial charge in [0, 0.05) is 5.56 Å². The fourth-order valence-electron chi connectivity index (χ4n) is 2.29. The van der Waals surface area contributed by atoms with E-state index in [0.29, 0.717) is 0 Å². The van der Waals surface area contributed by atoms with E-state index in [1.54, 1.807) is 0 Å². The minimum Gasteiger partial charge on any atom is -0.505 e. The Balaban J connectivity index is 2.91. The quantitative estimate of drug-likeness (QED) is 0.610. The largest absolute Gasteiger partial charge is 0.505 e. The van der Waals surface area contributed by atoms with Crippen LogP contribution in [0.25, 0.3) is 11.1 Å². The third-order valence-corrected chi connectivity index (χ3v) is 3.52. The van der Waals surface area contributed by atoms with Gasteiger partial charge in [-0.2, -0.15) is 13.2 Å². The molecule has 6 nitrogen and oxygen atoms in total. The smallest absolute Gasteiger partial charge is 0.417 e. The van der Waals surface area contributed by atoms with Crippen LogP contribution < -0.4 is 11.1 Å². The van der Waals surface area contributed by atoms with Crippen molar-refractivity contribution in [1.82, 2.24) is 0 Å². The summed E-state index contributed by atoms with van der Waals surface area (Å²) in [6, 6.07) is 3.81. The van der Waals surface area contributed by atoms with Gasteiger partial charge >= 0.3 is 18.2 Å². The van der Waals surface area contributed by atoms with Crippen molar-refractivity contribution in [3.05, 3.63) is 46.5 Å². The summed E-state index contributed by atoms with van der Waals surface area (Å²) in [5.74, 6) is -2.56. The first-order valence-corrected chi connectivity index (χ1v) is 6.93. The Bertz CT molecular complexity index is 869.